The van der Waals surface area contributed by atoms with E-state index < -0.39 is 0 Å². The van der Waals surface area contributed by atoms with Gasteiger partial charge in [0.05, 0.1) is 41.1 Å². The molecule has 6 nitrogen and oxygen atoms in total. The Morgan fingerprint density at radius 3 is 2.50 bits per heavy atom. The lowest BCUT2D eigenvalue weighted by Gasteiger charge is -2.36. The molecule has 1 unspecified atom stereocenters. The van der Waals surface area contributed by atoms with Crippen LogP contribution in [0.4, 0.5) is 5.69 Å². The number of hydrogen-bond acceptors (Lipinski definition) is 6. The number of halogens is 2. The lowest BCUT2D eigenvalue weighted by Crippen LogP contribution is -2.47. The van der Waals surface area contributed by atoms with Crippen LogP contribution in [0.1, 0.15) is 23.7 Å². The van der Waals surface area contributed by atoms with E-state index in [0.717, 1.165) is 57.6 Å². The Morgan fingerprint density at radius 1 is 1.28 bits per heavy atom. The van der Waals surface area contributed by atoms with Crippen molar-refractivity contribution < 1.29 is 9.63 Å². The Morgan fingerprint density at radius 2 is 1.97 bits per heavy atom. The molecule has 1 aliphatic rings. The monoisotopic (exact) mass is 588 g/mol. The molecule has 0 saturated carbocycles. The van der Waals surface area contributed by atoms with Gasteiger partial charge in [0, 0.05) is 46.0 Å². The molecule has 1 aromatic carbocycles. The van der Waals surface area contributed by atoms with E-state index in [4.69, 9.17) is 26.5 Å². The summed E-state index contributed by atoms with van der Waals surface area (Å²) in [6, 6.07) is 11.8. The van der Waals surface area contributed by atoms with Gasteiger partial charge in [0.1, 0.15) is 0 Å². The fourth-order valence-corrected chi connectivity index (χ4v) is 4.09. The van der Waals surface area contributed by atoms with Crippen LogP contribution in [-0.4, -0.2) is 54.8 Å². The summed E-state index contributed by atoms with van der Waals surface area (Å²) in [5.41, 5.74) is 3.86. The van der Waals surface area contributed by atoms with Crippen LogP contribution in [0.5, 0.6) is 0 Å². The minimum atomic E-state index is 0.466. The molecule has 32 heavy (non-hydrogen) atoms. The number of rotatable bonds is 7. The highest BCUT2D eigenvalue weighted by Crippen LogP contribution is 2.27. The summed E-state index contributed by atoms with van der Waals surface area (Å²) in [6.07, 6.45) is 4.71. The summed E-state index contributed by atoms with van der Waals surface area (Å²) < 4.78 is 5.40. The Balaban J connectivity index is 0.000000944. The maximum Gasteiger partial charge on any atom is 0.0992 e. The Bertz CT molecular complexity index is 841. The molecule has 2 aromatic rings. The van der Waals surface area contributed by atoms with Crippen molar-refractivity contribution in [1.82, 2.24) is 9.88 Å². The van der Waals surface area contributed by atoms with Gasteiger partial charge in [0.25, 0.3) is 0 Å². The van der Waals surface area contributed by atoms with Crippen molar-refractivity contribution in [3.05, 3.63) is 71.0 Å². The third-order valence-corrected chi connectivity index (χ3v) is 6.16. The summed E-state index contributed by atoms with van der Waals surface area (Å²) in [6.45, 7) is 11.2. The fraction of sp³-hybridized carbons (Fsp3) is 0.391. The Labute approximate surface area is 211 Å². The average Bonchev–Trinajstić information content (AvgIpc) is 2.84. The third-order valence-electron chi connectivity index (χ3n) is 4.67. The third kappa shape index (κ3) is 10.1. The van der Waals surface area contributed by atoms with Gasteiger partial charge >= 0.3 is 0 Å². The van der Waals surface area contributed by atoms with Gasteiger partial charge in [-0.3, -0.25) is 9.88 Å². The lowest BCUT2D eigenvalue weighted by atomic mass is 10.1. The van der Waals surface area contributed by atoms with Crippen LogP contribution in [0.2, 0.25) is 5.02 Å². The molecular weight excluding hydrogens is 558 g/mol. The van der Waals surface area contributed by atoms with Gasteiger partial charge in [-0.2, -0.15) is 5.26 Å². The molecule has 0 bridgehead atoms. The summed E-state index contributed by atoms with van der Waals surface area (Å²) in [4.78, 5) is 9.24. The molecule has 9 heteroatoms. The highest BCUT2D eigenvalue weighted by Gasteiger charge is 2.19. The van der Waals surface area contributed by atoms with E-state index in [2.05, 4.69) is 61.6 Å². The maximum atomic E-state index is 8.96. The van der Waals surface area contributed by atoms with Crippen LogP contribution in [0.25, 0.3) is 0 Å². The highest BCUT2D eigenvalue weighted by molar-refractivity contribution is 14.2. The van der Waals surface area contributed by atoms with E-state index in [1.807, 2.05) is 25.3 Å². The molecule has 1 aromatic heterocycles. The number of hydrogen-bond donors (Lipinski definition) is 1. The summed E-state index contributed by atoms with van der Waals surface area (Å²) in [7, 11) is 1.00. The van der Waals surface area contributed by atoms with Crippen LogP contribution < -0.4 is 4.90 Å². The maximum absolute atomic E-state index is 8.96. The predicted molar refractivity (Wildman–Crippen MR) is 144 cm³/mol. The average molecular weight is 589 g/mol. The smallest absolute Gasteiger partial charge is 0.0992 e. The number of aliphatic hydroxyl groups is 1. The van der Waals surface area contributed by atoms with E-state index in [1.165, 1.54) is 5.56 Å². The van der Waals surface area contributed by atoms with Gasteiger partial charge in [-0.15, -0.1) is 6.58 Å². The fourth-order valence-electron chi connectivity index (χ4n) is 3.12. The number of anilines is 1. The van der Waals surface area contributed by atoms with Crippen LogP contribution in [-0.2, 0) is 17.6 Å². The largest absolute Gasteiger partial charge is 0.400 e. The van der Waals surface area contributed by atoms with E-state index in [1.54, 1.807) is 12.1 Å². The number of benzene rings is 1. The zero-order valence-corrected chi connectivity index (χ0v) is 22.5. The second kappa shape index (κ2) is 17.2. The van der Waals surface area contributed by atoms with E-state index in [9.17, 15) is 0 Å². The Hall–Kier alpha value is -1.27. The molecule has 0 amide bonds. The SMILES string of the molecule is C=CC.CO.N#Cc1ccc(N2CCN(CCc3ccc(COPI)nc3)CC2)c(Cl)c1. The number of allylic oxidation sites excluding steroid dienone is 1. The van der Waals surface area contributed by atoms with Crippen molar-refractivity contribution in [3.63, 3.8) is 0 Å². The molecule has 0 radical (unpaired) electrons. The van der Waals surface area contributed by atoms with Crippen molar-refractivity contribution >= 4 is 45.8 Å². The van der Waals surface area contributed by atoms with Gasteiger partial charge in [-0.05, 0) is 65.2 Å². The quantitative estimate of drug-likeness (QED) is 0.271. The minimum absolute atomic E-state index is 0.466. The predicted octanol–water partition coefficient (Wildman–Crippen LogP) is 5.23. The summed E-state index contributed by atoms with van der Waals surface area (Å²) in [5, 5.41) is 16.6. The summed E-state index contributed by atoms with van der Waals surface area (Å²) in [5.74, 6) is 0. The van der Waals surface area contributed by atoms with Gasteiger partial charge in [-0.1, -0.05) is 23.7 Å². The van der Waals surface area contributed by atoms with E-state index in [0.29, 0.717) is 23.6 Å². The van der Waals surface area contributed by atoms with Crippen molar-refractivity contribution in [2.24, 2.45) is 0 Å². The number of aromatic nitrogens is 1. The van der Waals surface area contributed by atoms with Gasteiger partial charge in [0.2, 0.25) is 0 Å². The van der Waals surface area contributed by atoms with Crippen LogP contribution in [0.15, 0.2) is 49.2 Å². The number of nitriles is 1. The van der Waals surface area contributed by atoms with Crippen molar-refractivity contribution in [2.75, 3.05) is 44.7 Å². The first-order chi connectivity index (χ1) is 15.6. The van der Waals surface area contributed by atoms with Gasteiger partial charge in [0.15, 0.2) is 0 Å². The second-order valence-corrected chi connectivity index (χ2v) is 8.96. The standard InChI is InChI=1S/C19H21ClIN4OP.C3H6.CH4O/c20-18-11-16(12-22)2-4-19(18)25-9-7-24(8-10-25)6-5-15-1-3-17(23-13-15)14-26-27-21;1-3-2;1-2/h1-4,11,13,27H,5-10,14H2;3H,1H2,2H3;2H,1H3. The van der Waals surface area contributed by atoms with Crippen molar-refractivity contribution in [1.29, 1.82) is 5.26 Å². The first-order valence-corrected chi connectivity index (χ1v) is 14.6. The first-order valence-electron chi connectivity index (χ1n) is 10.2. The molecule has 1 saturated heterocycles. The molecule has 3 rings (SSSR count). The molecule has 1 atom stereocenters. The Kier molecular flexibility index (Phi) is 15.5. The number of nitrogens with zero attached hydrogens (tertiary/aromatic N) is 4. The first kappa shape index (κ1) is 28.8. The normalized spacial score (nSPS) is 13.6. The summed E-state index contributed by atoms with van der Waals surface area (Å²) >= 11 is 8.56. The van der Waals surface area contributed by atoms with Gasteiger partial charge in [-0.25, -0.2) is 0 Å². The van der Waals surface area contributed by atoms with Crippen molar-refractivity contribution in [2.45, 2.75) is 20.0 Å². The molecule has 0 aliphatic carbocycles. The highest BCUT2D eigenvalue weighted by atomic mass is 127. The number of pyridine rings is 1. The molecule has 1 fully saturated rings. The molecule has 2 heterocycles. The number of aliphatic hydroxyl groups excluding tert-OH is 1. The molecule has 174 valence electrons. The van der Waals surface area contributed by atoms with E-state index >= 15 is 0 Å². The van der Waals surface area contributed by atoms with Crippen LogP contribution in [0, 0.1) is 11.3 Å². The second-order valence-electron chi connectivity index (χ2n) is 6.79. The van der Waals surface area contributed by atoms with Crippen LogP contribution >= 0.6 is 40.1 Å². The lowest BCUT2D eigenvalue weighted by molar-refractivity contribution is 0.261. The number of piperazine rings is 1. The molecule has 1 N–H and O–H groups in total. The van der Waals surface area contributed by atoms with Crippen molar-refractivity contribution in [3.8, 4) is 6.07 Å². The zero-order chi connectivity index (χ0) is 23.8. The molecular formula is C23H31ClIN4O2P. The molecule has 1 aliphatic heterocycles. The van der Waals surface area contributed by atoms with Crippen LogP contribution in [0.3, 0.4) is 0 Å². The minimum Gasteiger partial charge on any atom is -0.400 e. The van der Waals surface area contributed by atoms with Gasteiger partial charge < -0.3 is 14.5 Å². The topological polar surface area (TPSA) is 72.6 Å². The van der Waals surface area contributed by atoms with E-state index in [-0.39, 0.29) is 0 Å². The zero-order valence-electron chi connectivity index (χ0n) is 18.6. The molecule has 0 spiro atoms.